The van der Waals surface area contributed by atoms with Crippen molar-refractivity contribution in [3.8, 4) is 0 Å². The van der Waals surface area contributed by atoms with E-state index in [1.807, 2.05) is 13.8 Å². The summed E-state index contributed by atoms with van der Waals surface area (Å²) in [5, 5.41) is 7.77. The number of nitrogens with zero attached hydrogens (tertiary/aromatic N) is 4. The molecule has 3 rings (SSSR count). The van der Waals surface area contributed by atoms with E-state index in [-0.39, 0.29) is 17.9 Å². The van der Waals surface area contributed by atoms with Crippen LogP contribution in [0.1, 0.15) is 67.1 Å². The third kappa shape index (κ3) is 2.68. The van der Waals surface area contributed by atoms with Crippen molar-refractivity contribution in [1.82, 2.24) is 20.2 Å². The van der Waals surface area contributed by atoms with Crippen molar-refractivity contribution in [2.45, 2.75) is 45.1 Å². The molecule has 0 radical (unpaired) electrons. The normalized spacial score (nSPS) is 19.2. The summed E-state index contributed by atoms with van der Waals surface area (Å²) in [5.74, 6) is 1.33. The molecule has 1 fully saturated rings. The first-order chi connectivity index (χ1) is 10.2. The highest BCUT2D eigenvalue weighted by molar-refractivity contribution is 5.92. The van der Waals surface area contributed by atoms with Gasteiger partial charge in [0, 0.05) is 18.5 Å². The van der Waals surface area contributed by atoms with E-state index < -0.39 is 0 Å². The number of hydrogen-bond donors (Lipinski definition) is 0. The molecule has 1 aliphatic heterocycles. The summed E-state index contributed by atoms with van der Waals surface area (Å²) >= 11 is 0. The van der Waals surface area contributed by atoms with Crippen LogP contribution in [0.25, 0.3) is 0 Å². The molecule has 0 aromatic carbocycles. The van der Waals surface area contributed by atoms with Gasteiger partial charge in [0.05, 0.1) is 6.04 Å². The van der Waals surface area contributed by atoms with Crippen molar-refractivity contribution in [3.05, 3.63) is 29.7 Å². The van der Waals surface area contributed by atoms with Crippen LogP contribution in [0.15, 0.2) is 21.5 Å². The summed E-state index contributed by atoms with van der Waals surface area (Å²) in [6.45, 7) is 4.66. The fourth-order valence-electron chi connectivity index (χ4n) is 2.58. The molecule has 1 atom stereocenters. The lowest BCUT2D eigenvalue weighted by atomic mass is 10.0. The van der Waals surface area contributed by atoms with Crippen LogP contribution in [-0.4, -0.2) is 32.6 Å². The van der Waals surface area contributed by atoms with Gasteiger partial charge in [-0.25, -0.2) is 0 Å². The second-order valence-electron chi connectivity index (χ2n) is 5.57. The van der Waals surface area contributed by atoms with Gasteiger partial charge in [-0.2, -0.15) is 4.98 Å². The number of amides is 1. The summed E-state index contributed by atoms with van der Waals surface area (Å²) in [6, 6.07) is 1.57. The second kappa shape index (κ2) is 5.67. The molecule has 0 N–H and O–H groups in total. The Morgan fingerprint density at radius 1 is 1.38 bits per heavy atom. The van der Waals surface area contributed by atoms with Gasteiger partial charge in [0.1, 0.15) is 5.76 Å². The molecule has 2 aromatic rings. The van der Waals surface area contributed by atoms with E-state index in [0.717, 1.165) is 19.3 Å². The van der Waals surface area contributed by atoms with Crippen molar-refractivity contribution in [1.29, 1.82) is 0 Å². The Morgan fingerprint density at radius 2 is 2.24 bits per heavy atom. The molecule has 7 nitrogen and oxygen atoms in total. The summed E-state index contributed by atoms with van der Waals surface area (Å²) < 4.78 is 10.0. The largest absolute Gasteiger partial charge is 0.360 e. The lowest BCUT2D eigenvalue weighted by Crippen LogP contribution is -2.39. The molecule has 7 heteroatoms. The number of likely N-dealkylation sites (tertiary alicyclic amines) is 1. The Kier molecular flexibility index (Phi) is 3.72. The zero-order chi connectivity index (χ0) is 14.8. The molecule has 112 valence electrons. The molecular weight excluding hydrogens is 272 g/mol. The fourth-order valence-corrected chi connectivity index (χ4v) is 2.58. The van der Waals surface area contributed by atoms with Crippen molar-refractivity contribution in [2.24, 2.45) is 0 Å². The lowest BCUT2D eigenvalue weighted by Gasteiger charge is -2.33. The third-order valence-electron chi connectivity index (χ3n) is 3.76. The summed E-state index contributed by atoms with van der Waals surface area (Å²) in [5.41, 5.74) is 0.342. The van der Waals surface area contributed by atoms with Gasteiger partial charge in [-0.05, 0) is 19.3 Å². The van der Waals surface area contributed by atoms with E-state index in [2.05, 4.69) is 15.3 Å². The first-order valence-electron chi connectivity index (χ1n) is 7.20. The minimum absolute atomic E-state index is 0.139. The van der Waals surface area contributed by atoms with Crippen molar-refractivity contribution < 1.29 is 13.8 Å². The van der Waals surface area contributed by atoms with Gasteiger partial charge in [0.2, 0.25) is 6.39 Å². The molecule has 1 amide bonds. The maximum absolute atomic E-state index is 12.7. The minimum atomic E-state index is -0.149. The zero-order valence-corrected chi connectivity index (χ0v) is 12.2. The van der Waals surface area contributed by atoms with Gasteiger partial charge < -0.3 is 13.9 Å². The zero-order valence-electron chi connectivity index (χ0n) is 12.2. The highest BCUT2D eigenvalue weighted by Gasteiger charge is 2.32. The van der Waals surface area contributed by atoms with Crippen LogP contribution in [0.4, 0.5) is 0 Å². The Labute approximate surface area is 122 Å². The number of carbonyl (C=O) groups excluding carboxylic acids is 1. The quantitative estimate of drug-likeness (QED) is 0.863. The monoisotopic (exact) mass is 290 g/mol. The highest BCUT2D eigenvalue weighted by Crippen LogP contribution is 2.30. The summed E-state index contributed by atoms with van der Waals surface area (Å²) in [6.07, 6.45) is 4.13. The van der Waals surface area contributed by atoms with E-state index in [0.29, 0.717) is 23.8 Å². The van der Waals surface area contributed by atoms with Crippen molar-refractivity contribution in [3.63, 3.8) is 0 Å². The van der Waals surface area contributed by atoms with E-state index in [4.69, 9.17) is 9.05 Å². The van der Waals surface area contributed by atoms with Gasteiger partial charge in [-0.3, -0.25) is 4.79 Å². The van der Waals surface area contributed by atoms with Gasteiger partial charge in [-0.15, -0.1) is 0 Å². The summed E-state index contributed by atoms with van der Waals surface area (Å²) in [7, 11) is 0. The molecule has 0 spiro atoms. The Hall–Kier alpha value is -2.18. The number of piperidine rings is 1. The van der Waals surface area contributed by atoms with E-state index in [1.165, 1.54) is 6.39 Å². The Bertz CT molecular complexity index is 606. The van der Waals surface area contributed by atoms with Crippen molar-refractivity contribution >= 4 is 5.91 Å². The van der Waals surface area contributed by atoms with Crippen LogP contribution in [0.3, 0.4) is 0 Å². The van der Waals surface area contributed by atoms with Crippen LogP contribution in [-0.2, 0) is 0 Å². The summed E-state index contributed by atoms with van der Waals surface area (Å²) in [4.78, 5) is 18.5. The predicted molar refractivity (Wildman–Crippen MR) is 72.5 cm³/mol. The molecule has 0 saturated carbocycles. The number of carbonyl (C=O) groups is 1. The predicted octanol–water partition coefficient (Wildman–Crippen LogP) is 2.55. The van der Waals surface area contributed by atoms with Gasteiger partial charge in [0.25, 0.3) is 5.91 Å². The SMILES string of the molecule is CC(C)c1cc(C(=O)N2CCCCC2c2ncon2)no1. The third-order valence-corrected chi connectivity index (χ3v) is 3.76. The first kappa shape index (κ1) is 13.8. The van der Waals surface area contributed by atoms with Crippen LogP contribution in [0.5, 0.6) is 0 Å². The van der Waals surface area contributed by atoms with Crippen LogP contribution in [0, 0.1) is 0 Å². The van der Waals surface area contributed by atoms with Crippen molar-refractivity contribution in [2.75, 3.05) is 6.54 Å². The van der Waals surface area contributed by atoms with Gasteiger partial charge in [-0.1, -0.05) is 24.2 Å². The average Bonchev–Trinajstić information content (AvgIpc) is 3.18. The standard InChI is InChI=1S/C14H18N4O3/c1-9(2)12-7-10(16-21-12)14(19)18-6-4-3-5-11(18)13-15-8-20-17-13/h7-9,11H,3-6H2,1-2H3. The average molecular weight is 290 g/mol. The molecule has 1 unspecified atom stereocenters. The minimum Gasteiger partial charge on any atom is -0.360 e. The van der Waals surface area contributed by atoms with E-state index in [9.17, 15) is 4.79 Å². The lowest BCUT2D eigenvalue weighted by molar-refractivity contribution is 0.0586. The maximum Gasteiger partial charge on any atom is 0.276 e. The molecule has 3 heterocycles. The second-order valence-corrected chi connectivity index (χ2v) is 5.57. The van der Waals surface area contributed by atoms with Gasteiger partial charge in [0.15, 0.2) is 11.5 Å². The molecule has 1 aliphatic rings. The highest BCUT2D eigenvalue weighted by atomic mass is 16.5. The molecular formula is C14H18N4O3. The van der Waals surface area contributed by atoms with E-state index >= 15 is 0 Å². The Morgan fingerprint density at radius 3 is 2.90 bits per heavy atom. The molecule has 2 aromatic heterocycles. The number of rotatable bonds is 3. The van der Waals surface area contributed by atoms with Crippen LogP contribution in [0.2, 0.25) is 0 Å². The maximum atomic E-state index is 12.7. The first-order valence-corrected chi connectivity index (χ1v) is 7.20. The van der Waals surface area contributed by atoms with Gasteiger partial charge >= 0.3 is 0 Å². The van der Waals surface area contributed by atoms with Crippen LogP contribution < -0.4 is 0 Å². The molecule has 1 saturated heterocycles. The number of aromatic nitrogens is 3. The topological polar surface area (TPSA) is 85.3 Å². The fraction of sp³-hybridized carbons (Fsp3) is 0.571. The smallest absolute Gasteiger partial charge is 0.276 e. The Balaban J connectivity index is 1.83. The molecule has 0 bridgehead atoms. The molecule has 21 heavy (non-hydrogen) atoms. The molecule has 0 aliphatic carbocycles. The number of hydrogen-bond acceptors (Lipinski definition) is 6. The van der Waals surface area contributed by atoms with Crippen LogP contribution >= 0.6 is 0 Å². The van der Waals surface area contributed by atoms with E-state index in [1.54, 1.807) is 11.0 Å².